The zero-order valence-electron chi connectivity index (χ0n) is 15.9. The zero-order valence-corrected chi connectivity index (χ0v) is 15.9. The zero-order chi connectivity index (χ0) is 19.5. The summed E-state index contributed by atoms with van der Waals surface area (Å²) in [4.78, 5) is 29.0. The van der Waals surface area contributed by atoms with Gasteiger partial charge >= 0.3 is 11.8 Å². The number of carbonyl (C=O) groups excluding carboxylic acids is 2. The van der Waals surface area contributed by atoms with Crippen molar-refractivity contribution in [3.05, 3.63) is 72.3 Å². The SMILES string of the molecule is Cc1cccc(N2CCN(C(=O)C(=O)Nc3cccc4ccccc34)CC2)c1. The summed E-state index contributed by atoms with van der Waals surface area (Å²) in [5.74, 6) is -1.06. The second-order valence-electron chi connectivity index (χ2n) is 7.10. The fourth-order valence-corrected chi connectivity index (χ4v) is 3.65. The highest BCUT2D eigenvalue weighted by molar-refractivity contribution is 6.40. The topological polar surface area (TPSA) is 52.7 Å². The van der Waals surface area contributed by atoms with E-state index in [1.165, 1.54) is 5.56 Å². The van der Waals surface area contributed by atoms with Crippen LogP contribution in [0.4, 0.5) is 11.4 Å². The van der Waals surface area contributed by atoms with Gasteiger partial charge in [-0.15, -0.1) is 0 Å². The largest absolute Gasteiger partial charge is 0.368 e. The summed E-state index contributed by atoms with van der Waals surface area (Å²) in [5.41, 5.74) is 3.03. The van der Waals surface area contributed by atoms with Crippen molar-refractivity contribution in [3.63, 3.8) is 0 Å². The van der Waals surface area contributed by atoms with Crippen molar-refractivity contribution in [1.29, 1.82) is 0 Å². The van der Waals surface area contributed by atoms with Crippen LogP contribution in [-0.4, -0.2) is 42.9 Å². The van der Waals surface area contributed by atoms with Gasteiger partial charge in [0.1, 0.15) is 0 Å². The number of benzene rings is 3. The molecular weight excluding hydrogens is 350 g/mol. The fraction of sp³-hybridized carbons (Fsp3) is 0.217. The van der Waals surface area contributed by atoms with Crippen LogP contribution in [0.2, 0.25) is 0 Å². The molecule has 142 valence electrons. The Morgan fingerprint density at radius 2 is 1.57 bits per heavy atom. The molecule has 1 N–H and O–H groups in total. The highest BCUT2D eigenvalue weighted by Gasteiger charge is 2.26. The number of nitrogens with one attached hydrogen (secondary N) is 1. The molecule has 3 aromatic carbocycles. The standard InChI is InChI=1S/C23H23N3O2/c1-17-6-4-9-19(16-17)25-12-14-26(15-13-25)23(28)22(27)24-21-11-5-8-18-7-2-3-10-20(18)21/h2-11,16H,12-15H2,1H3,(H,24,27). The monoisotopic (exact) mass is 373 g/mol. The van der Waals surface area contributed by atoms with Crippen molar-refractivity contribution in [2.75, 3.05) is 36.4 Å². The van der Waals surface area contributed by atoms with Crippen molar-refractivity contribution in [1.82, 2.24) is 4.90 Å². The maximum atomic E-state index is 12.6. The van der Waals surface area contributed by atoms with Gasteiger partial charge in [-0.25, -0.2) is 0 Å². The molecule has 0 unspecified atom stereocenters. The highest BCUT2D eigenvalue weighted by atomic mass is 16.2. The summed E-state index contributed by atoms with van der Waals surface area (Å²) >= 11 is 0. The number of hydrogen-bond acceptors (Lipinski definition) is 3. The predicted molar refractivity (Wildman–Crippen MR) is 113 cm³/mol. The van der Waals surface area contributed by atoms with E-state index in [2.05, 4.69) is 35.3 Å². The Hall–Kier alpha value is -3.34. The molecule has 0 radical (unpaired) electrons. The molecule has 1 saturated heterocycles. The van der Waals surface area contributed by atoms with Gasteiger partial charge in [0.15, 0.2) is 0 Å². The molecule has 0 atom stereocenters. The predicted octanol–water partition coefficient (Wildman–Crippen LogP) is 3.44. The molecule has 5 nitrogen and oxygen atoms in total. The van der Waals surface area contributed by atoms with Crippen LogP contribution in [0.25, 0.3) is 10.8 Å². The lowest BCUT2D eigenvalue weighted by atomic mass is 10.1. The van der Waals surface area contributed by atoms with Crippen molar-refractivity contribution in [2.45, 2.75) is 6.92 Å². The molecule has 0 aromatic heterocycles. The highest BCUT2D eigenvalue weighted by Crippen LogP contribution is 2.23. The van der Waals surface area contributed by atoms with Crippen molar-refractivity contribution < 1.29 is 9.59 Å². The van der Waals surface area contributed by atoms with E-state index in [4.69, 9.17) is 0 Å². The third kappa shape index (κ3) is 3.69. The van der Waals surface area contributed by atoms with Gasteiger partial charge in [0.05, 0.1) is 0 Å². The van der Waals surface area contributed by atoms with Crippen LogP contribution in [0.15, 0.2) is 66.7 Å². The van der Waals surface area contributed by atoms with Gasteiger partial charge in [0, 0.05) is 42.9 Å². The van der Waals surface area contributed by atoms with Gasteiger partial charge in [-0.05, 0) is 36.1 Å². The minimum absolute atomic E-state index is 0.475. The van der Waals surface area contributed by atoms with Crippen LogP contribution in [0.5, 0.6) is 0 Å². The van der Waals surface area contributed by atoms with E-state index in [1.807, 2.05) is 48.5 Å². The first kappa shape index (κ1) is 18.0. The number of amides is 2. The van der Waals surface area contributed by atoms with E-state index in [-0.39, 0.29) is 0 Å². The third-order valence-corrected chi connectivity index (χ3v) is 5.17. The maximum absolute atomic E-state index is 12.6. The van der Waals surface area contributed by atoms with Crippen LogP contribution >= 0.6 is 0 Å². The van der Waals surface area contributed by atoms with Gasteiger partial charge in [-0.1, -0.05) is 48.5 Å². The van der Waals surface area contributed by atoms with E-state index in [1.54, 1.807) is 4.90 Å². The van der Waals surface area contributed by atoms with Crippen LogP contribution in [0.1, 0.15) is 5.56 Å². The lowest BCUT2D eigenvalue weighted by molar-refractivity contribution is -0.143. The van der Waals surface area contributed by atoms with Gasteiger partial charge in [0.25, 0.3) is 0 Å². The summed E-state index contributed by atoms with van der Waals surface area (Å²) in [6.45, 7) is 4.58. The van der Waals surface area contributed by atoms with E-state index in [0.717, 1.165) is 29.5 Å². The molecule has 1 fully saturated rings. The average molecular weight is 373 g/mol. The van der Waals surface area contributed by atoms with Crippen molar-refractivity contribution >= 4 is 34.0 Å². The van der Waals surface area contributed by atoms with E-state index in [9.17, 15) is 9.59 Å². The first-order chi connectivity index (χ1) is 13.6. The average Bonchev–Trinajstić information content (AvgIpc) is 2.73. The summed E-state index contributed by atoms with van der Waals surface area (Å²) < 4.78 is 0. The fourth-order valence-electron chi connectivity index (χ4n) is 3.65. The molecule has 0 bridgehead atoms. The van der Waals surface area contributed by atoms with E-state index < -0.39 is 11.8 Å². The molecule has 28 heavy (non-hydrogen) atoms. The lowest BCUT2D eigenvalue weighted by Crippen LogP contribution is -2.51. The second-order valence-corrected chi connectivity index (χ2v) is 7.10. The number of anilines is 2. The molecule has 3 aromatic rings. The van der Waals surface area contributed by atoms with Gasteiger partial charge in [-0.3, -0.25) is 9.59 Å². The summed E-state index contributed by atoms with van der Waals surface area (Å²) in [7, 11) is 0. The molecule has 0 saturated carbocycles. The first-order valence-electron chi connectivity index (χ1n) is 9.51. The van der Waals surface area contributed by atoms with Gasteiger partial charge < -0.3 is 15.1 Å². The lowest BCUT2D eigenvalue weighted by Gasteiger charge is -2.35. The molecule has 1 heterocycles. The molecule has 2 amide bonds. The first-order valence-corrected chi connectivity index (χ1v) is 9.51. The minimum Gasteiger partial charge on any atom is -0.368 e. The van der Waals surface area contributed by atoms with E-state index in [0.29, 0.717) is 18.8 Å². The number of hydrogen-bond donors (Lipinski definition) is 1. The smallest absolute Gasteiger partial charge is 0.313 e. The maximum Gasteiger partial charge on any atom is 0.313 e. The van der Waals surface area contributed by atoms with Gasteiger partial charge in [-0.2, -0.15) is 0 Å². The Morgan fingerprint density at radius 3 is 2.36 bits per heavy atom. The molecule has 1 aliphatic rings. The summed E-state index contributed by atoms with van der Waals surface area (Å²) in [5, 5.41) is 4.74. The van der Waals surface area contributed by atoms with Gasteiger partial charge in [0.2, 0.25) is 0 Å². The Labute approximate surface area is 164 Å². The second kappa shape index (κ2) is 7.72. The summed E-state index contributed by atoms with van der Waals surface area (Å²) in [6.07, 6.45) is 0. The Balaban J connectivity index is 1.40. The summed E-state index contributed by atoms with van der Waals surface area (Å²) in [6, 6.07) is 21.8. The van der Waals surface area contributed by atoms with Crippen LogP contribution < -0.4 is 10.2 Å². The number of carbonyl (C=O) groups is 2. The Bertz CT molecular complexity index is 1020. The quantitative estimate of drug-likeness (QED) is 0.700. The van der Waals surface area contributed by atoms with Crippen LogP contribution in [0.3, 0.4) is 0 Å². The molecule has 4 rings (SSSR count). The van der Waals surface area contributed by atoms with Crippen LogP contribution in [0, 0.1) is 6.92 Å². The van der Waals surface area contributed by atoms with Crippen molar-refractivity contribution in [2.24, 2.45) is 0 Å². The third-order valence-electron chi connectivity index (χ3n) is 5.17. The number of rotatable bonds is 2. The number of nitrogens with zero attached hydrogens (tertiary/aromatic N) is 2. The molecule has 1 aliphatic heterocycles. The Morgan fingerprint density at radius 1 is 0.857 bits per heavy atom. The number of aryl methyl sites for hydroxylation is 1. The molecule has 0 spiro atoms. The Kier molecular flexibility index (Phi) is 4.98. The normalized spacial score (nSPS) is 14.2. The molecule has 5 heteroatoms. The number of fused-ring (bicyclic) bond motifs is 1. The van der Waals surface area contributed by atoms with Crippen LogP contribution in [-0.2, 0) is 9.59 Å². The van der Waals surface area contributed by atoms with E-state index >= 15 is 0 Å². The number of piperazine rings is 1. The molecular formula is C23H23N3O2. The van der Waals surface area contributed by atoms with Crippen molar-refractivity contribution in [3.8, 4) is 0 Å². The molecule has 0 aliphatic carbocycles. The minimum atomic E-state index is -0.583.